The van der Waals surface area contributed by atoms with Crippen LogP contribution in [0.2, 0.25) is 0 Å². The van der Waals surface area contributed by atoms with Gasteiger partial charge in [-0.25, -0.2) is 4.39 Å². The number of aliphatic hydroxyl groups excluding tert-OH is 1. The number of hydrogen-bond donors (Lipinski definition) is 2. The molecule has 0 aliphatic carbocycles. The standard InChI is InChI=1S/C16H15FN2O2/c17-14-6-2-3-7-15(14)19-10-13(20)11-21-16-8-4-1-5-12(16)9-18/h1-8,13,19-20H,10-11H2. The number of nitriles is 1. The highest BCUT2D eigenvalue weighted by atomic mass is 19.1. The Labute approximate surface area is 122 Å². The van der Waals surface area contributed by atoms with Gasteiger partial charge in [-0.1, -0.05) is 24.3 Å². The molecule has 4 nitrogen and oxygen atoms in total. The molecular weight excluding hydrogens is 271 g/mol. The molecule has 2 aromatic carbocycles. The van der Waals surface area contributed by atoms with Crippen molar-refractivity contribution < 1.29 is 14.2 Å². The second-order valence-electron chi connectivity index (χ2n) is 4.43. The zero-order valence-electron chi connectivity index (χ0n) is 11.3. The molecule has 108 valence electrons. The normalized spacial score (nSPS) is 11.5. The van der Waals surface area contributed by atoms with Crippen molar-refractivity contribution >= 4 is 5.69 Å². The number of hydrogen-bond acceptors (Lipinski definition) is 4. The molecule has 0 aliphatic rings. The van der Waals surface area contributed by atoms with Crippen molar-refractivity contribution in [1.82, 2.24) is 0 Å². The number of para-hydroxylation sites is 2. The number of aliphatic hydroxyl groups is 1. The molecule has 0 aromatic heterocycles. The van der Waals surface area contributed by atoms with E-state index in [9.17, 15) is 9.50 Å². The van der Waals surface area contributed by atoms with Crippen LogP contribution in [0.4, 0.5) is 10.1 Å². The lowest BCUT2D eigenvalue weighted by molar-refractivity contribution is 0.117. The van der Waals surface area contributed by atoms with E-state index in [1.54, 1.807) is 42.5 Å². The molecule has 0 saturated carbocycles. The topological polar surface area (TPSA) is 65.3 Å². The van der Waals surface area contributed by atoms with Crippen molar-refractivity contribution in [2.75, 3.05) is 18.5 Å². The molecule has 0 bridgehead atoms. The van der Waals surface area contributed by atoms with Gasteiger partial charge in [0.2, 0.25) is 0 Å². The van der Waals surface area contributed by atoms with E-state index in [-0.39, 0.29) is 19.0 Å². The summed E-state index contributed by atoms with van der Waals surface area (Å²) in [6.45, 7) is 0.162. The Hall–Kier alpha value is -2.58. The monoisotopic (exact) mass is 286 g/mol. The van der Waals surface area contributed by atoms with Crippen LogP contribution in [0.15, 0.2) is 48.5 Å². The molecule has 2 N–H and O–H groups in total. The van der Waals surface area contributed by atoms with E-state index in [0.29, 0.717) is 17.0 Å². The van der Waals surface area contributed by atoms with Gasteiger partial charge in [0.1, 0.15) is 30.3 Å². The Morgan fingerprint density at radius 1 is 1.19 bits per heavy atom. The number of nitrogens with zero attached hydrogens (tertiary/aromatic N) is 1. The minimum atomic E-state index is -0.823. The number of anilines is 1. The fourth-order valence-corrected chi connectivity index (χ4v) is 1.76. The summed E-state index contributed by atoms with van der Waals surface area (Å²) in [6.07, 6.45) is -0.823. The number of ether oxygens (including phenoxy) is 1. The van der Waals surface area contributed by atoms with Crippen LogP contribution in [-0.4, -0.2) is 24.4 Å². The maximum absolute atomic E-state index is 13.4. The van der Waals surface area contributed by atoms with Gasteiger partial charge in [0.25, 0.3) is 0 Å². The summed E-state index contributed by atoms with van der Waals surface area (Å²) in [6, 6.07) is 15.0. The highest BCUT2D eigenvalue weighted by molar-refractivity contribution is 5.44. The molecule has 0 fully saturated rings. The number of halogens is 1. The van der Waals surface area contributed by atoms with Crippen LogP contribution in [0.25, 0.3) is 0 Å². The minimum Gasteiger partial charge on any atom is -0.489 e. The van der Waals surface area contributed by atoms with Gasteiger partial charge < -0.3 is 15.2 Å². The molecule has 1 atom stereocenters. The summed E-state index contributed by atoms with van der Waals surface area (Å²) in [5.74, 6) is 0.0467. The Morgan fingerprint density at radius 3 is 2.67 bits per heavy atom. The third-order valence-electron chi connectivity index (χ3n) is 2.84. The molecule has 0 spiro atoms. The molecule has 0 heterocycles. The summed E-state index contributed by atoms with van der Waals surface area (Å²) in [5.41, 5.74) is 0.737. The van der Waals surface area contributed by atoms with E-state index < -0.39 is 6.10 Å². The molecule has 21 heavy (non-hydrogen) atoms. The van der Waals surface area contributed by atoms with Crippen LogP contribution in [0.3, 0.4) is 0 Å². The molecule has 5 heteroatoms. The van der Waals surface area contributed by atoms with Crippen molar-refractivity contribution in [3.05, 3.63) is 59.9 Å². The molecule has 0 amide bonds. The summed E-state index contributed by atoms with van der Waals surface area (Å²) >= 11 is 0. The molecule has 0 radical (unpaired) electrons. The summed E-state index contributed by atoms with van der Waals surface area (Å²) in [7, 11) is 0. The Kier molecular flexibility index (Phi) is 5.13. The van der Waals surface area contributed by atoms with Crippen LogP contribution in [0.1, 0.15) is 5.56 Å². The fraction of sp³-hybridized carbons (Fsp3) is 0.188. The first-order chi connectivity index (χ1) is 10.2. The SMILES string of the molecule is N#Cc1ccccc1OCC(O)CNc1ccccc1F. The zero-order chi connectivity index (χ0) is 15.1. The molecule has 0 saturated heterocycles. The molecular formula is C16H15FN2O2. The first-order valence-corrected chi connectivity index (χ1v) is 6.49. The fourth-order valence-electron chi connectivity index (χ4n) is 1.76. The minimum absolute atomic E-state index is 0.0140. The van der Waals surface area contributed by atoms with Gasteiger partial charge >= 0.3 is 0 Å². The second-order valence-corrected chi connectivity index (χ2v) is 4.43. The molecule has 0 aliphatic heterocycles. The maximum atomic E-state index is 13.4. The third-order valence-corrected chi connectivity index (χ3v) is 2.84. The number of rotatable bonds is 6. The summed E-state index contributed by atoms with van der Waals surface area (Å²) in [4.78, 5) is 0. The Balaban J connectivity index is 1.84. The van der Waals surface area contributed by atoms with Crippen LogP contribution in [-0.2, 0) is 0 Å². The Bertz CT molecular complexity index is 640. The van der Waals surface area contributed by atoms with Crippen LogP contribution in [0, 0.1) is 17.1 Å². The van der Waals surface area contributed by atoms with E-state index >= 15 is 0 Å². The highest BCUT2D eigenvalue weighted by Gasteiger charge is 2.09. The van der Waals surface area contributed by atoms with Crippen molar-refractivity contribution in [2.45, 2.75) is 6.10 Å². The van der Waals surface area contributed by atoms with Gasteiger partial charge in [-0.15, -0.1) is 0 Å². The average Bonchev–Trinajstić information content (AvgIpc) is 2.52. The maximum Gasteiger partial charge on any atom is 0.146 e. The Morgan fingerprint density at radius 2 is 1.90 bits per heavy atom. The number of benzene rings is 2. The van der Waals surface area contributed by atoms with Crippen LogP contribution < -0.4 is 10.1 Å². The predicted octanol–water partition coefficient (Wildman–Crippen LogP) is 2.55. The van der Waals surface area contributed by atoms with Gasteiger partial charge in [-0.05, 0) is 24.3 Å². The predicted molar refractivity (Wildman–Crippen MR) is 77.5 cm³/mol. The third kappa shape index (κ3) is 4.20. The number of nitrogens with one attached hydrogen (secondary N) is 1. The van der Waals surface area contributed by atoms with Crippen molar-refractivity contribution in [1.29, 1.82) is 5.26 Å². The summed E-state index contributed by atoms with van der Waals surface area (Å²) < 4.78 is 18.8. The first-order valence-electron chi connectivity index (χ1n) is 6.49. The lowest BCUT2D eigenvalue weighted by Gasteiger charge is -2.14. The lowest BCUT2D eigenvalue weighted by atomic mass is 10.2. The summed E-state index contributed by atoms with van der Waals surface area (Å²) in [5, 5.41) is 21.6. The largest absolute Gasteiger partial charge is 0.489 e. The van der Waals surface area contributed by atoms with Crippen LogP contribution in [0.5, 0.6) is 5.75 Å². The van der Waals surface area contributed by atoms with Gasteiger partial charge in [0.05, 0.1) is 11.3 Å². The quantitative estimate of drug-likeness (QED) is 0.856. The first kappa shape index (κ1) is 14.8. The van der Waals surface area contributed by atoms with Crippen molar-refractivity contribution in [3.63, 3.8) is 0 Å². The molecule has 2 rings (SSSR count). The molecule has 1 unspecified atom stereocenters. The highest BCUT2D eigenvalue weighted by Crippen LogP contribution is 2.17. The van der Waals surface area contributed by atoms with E-state index in [2.05, 4.69) is 5.32 Å². The van der Waals surface area contributed by atoms with Gasteiger partial charge in [-0.3, -0.25) is 0 Å². The molecule has 2 aromatic rings. The average molecular weight is 286 g/mol. The van der Waals surface area contributed by atoms with E-state index in [1.165, 1.54) is 6.07 Å². The van der Waals surface area contributed by atoms with Crippen LogP contribution >= 0.6 is 0 Å². The smallest absolute Gasteiger partial charge is 0.146 e. The van der Waals surface area contributed by atoms with Crippen molar-refractivity contribution in [2.24, 2.45) is 0 Å². The van der Waals surface area contributed by atoms with E-state index in [0.717, 1.165) is 0 Å². The zero-order valence-corrected chi connectivity index (χ0v) is 11.3. The van der Waals surface area contributed by atoms with Gasteiger partial charge in [0, 0.05) is 6.54 Å². The van der Waals surface area contributed by atoms with E-state index in [1.807, 2.05) is 6.07 Å². The van der Waals surface area contributed by atoms with Crippen molar-refractivity contribution in [3.8, 4) is 11.8 Å². The van der Waals surface area contributed by atoms with Gasteiger partial charge in [-0.2, -0.15) is 5.26 Å². The lowest BCUT2D eigenvalue weighted by Crippen LogP contribution is -2.26. The van der Waals surface area contributed by atoms with Gasteiger partial charge in [0.15, 0.2) is 0 Å². The second kappa shape index (κ2) is 7.27. The van der Waals surface area contributed by atoms with E-state index in [4.69, 9.17) is 10.00 Å².